The first-order valence-corrected chi connectivity index (χ1v) is 17.0. The second-order valence-corrected chi connectivity index (χ2v) is 14.0. The summed E-state index contributed by atoms with van der Waals surface area (Å²) in [5, 5.41) is 20.5. The molecule has 0 aliphatic carbocycles. The van der Waals surface area contributed by atoms with Crippen LogP contribution in [0.1, 0.15) is 110 Å². The molecule has 0 fully saturated rings. The molecule has 1 rings (SSSR count). The van der Waals surface area contributed by atoms with Crippen LogP contribution in [0.2, 0.25) is 0 Å². The fourth-order valence-electron chi connectivity index (χ4n) is 5.10. The van der Waals surface area contributed by atoms with Crippen LogP contribution in [0.3, 0.4) is 0 Å². The zero-order valence-electron chi connectivity index (χ0n) is 30.2. The summed E-state index contributed by atoms with van der Waals surface area (Å²) in [6.07, 6.45) is 2.44. The SMILES string of the molecule is CCCCNC(=O)[C@@H](C[C@H](O)[C@H](C[C@H](CNC(=O)c1ccc(C)cc1OCCCCOC)C(C)C)NC(=O)OC(C)(C)C)C(C)C. The quantitative estimate of drug-likeness (QED) is 0.120. The molecule has 46 heavy (non-hydrogen) atoms. The van der Waals surface area contributed by atoms with Crippen LogP contribution in [0, 0.1) is 30.6 Å². The van der Waals surface area contributed by atoms with Crippen LogP contribution in [-0.2, 0) is 14.3 Å². The van der Waals surface area contributed by atoms with Gasteiger partial charge in [0.05, 0.1) is 24.3 Å². The van der Waals surface area contributed by atoms with Gasteiger partial charge in [-0.3, -0.25) is 9.59 Å². The number of carbonyl (C=O) groups is 3. The molecule has 10 nitrogen and oxygen atoms in total. The van der Waals surface area contributed by atoms with Crippen LogP contribution in [0.4, 0.5) is 4.79 Å². The molecule has 0 aliphatic rings. The summed E-state index contributed by atoms with van der Waals surface area (Å²) in [4.78, 5) is 39.3. The number of benzene rings is 1. The van der Waals surface area contributed by atoms with Gasteiger partial charge in [-0.15, -0.1) is 0 Å². The largest absolute Gasteiger partial charge is 0.493 e. The molecule has 1 aromatic rings. The van der Waals surface area contributed by atoms with Crippen LogP contribution in [0.25, 0.3) is 0 Å². The van der Waals surface area contributed by atoms with E-state index >= 15 is 0 Å². The molecule has 1 aromatic carbocycles. The molecule has 4 N–H and O–H groups in total. The lowest BCUT2D eigenvalue weighted by Crippen LogP contribution is -2.49. The van der Waals surface area contributed by atoms with E-state index in [0.29, 0.717) is 44.0 Å². The van der Waals surface area contributed by atoms with Gasteiger partial charge in [0.15, 0.2) is 0 Å². The van der Waals surface area contributed by atoms with Crippen LogP contribution < -0.4 is 20.7 Å². The molecule has 0 saturated heterocycles. The Morgan fingerprint density at radius 2 is 1.61 bits per heavy atom. The Morgan fingerprint density at radius 1 is 0.935 bits per heavy atom. The number of aliphatic hydroxyl groups excluding tert-OH is 1. The minimum absolute atomic E-state index is 0.00969. The summed E-state index contributed by atoms with van der Waals surface area (Å²) < 4.78 is 16.6. The third-order valence-corrected chi connectivity index (χ3v) is 8.04. The second-order valence-electron chi connectivity index (χ2n) is 14.0. The van der Waals surface area contributed by atoms with Crippen LogP contribution in [-0.4, -0.2) is 74.2 Å². The Kier molecular flexibility index (Phi) is 18.9. The molecule has 10 heteroatoms. The minimum Gasteiger partial charge on any atom is -0.493 e. The molecule has 0 radical (unpaired) electrons. The third kappa shape index (κ3) is 16.1. The fraction of sp³-hybridized carbons (Fsp3) is 0.750. The van der Waals surface area contributed by atoms with Crippen LogP contribution in [0.5, 0.6) is 5.75 Å². The molecule has 4 atom stereocenters. The Morgan fingerprint density at radius 3 is 2.20 bits per heavy atom. The first-order valence-electron chi connectivity index (χ1n) is 17.0. The average Bonchev–Trinajstić information content (AvgIpc) is 2.95. The van der Waals surface area contributed by atoms with Crippen molar-refractivity contribution in [1.82, 2.24) is 16.0 Å². The molecular formula is C36H63N3O7. The van der Waals surface area contributed by atoms with Crippen molar-refractivity contribution in [3.05, 3.63) is 29.3 Å². The highest BCUT2D eigenvalue weighted by Gasteiger charge is 2.33. The van der Waals surface area contributed by atoms with Gasteiger partial charge in [-0.25, -0.2) is 4.79 Å². The van der Waals surface area contributed by atoms with Crippen molar-refractivity contribution >= 4 is 17.9 Å². The molecule has 0 heterocycles. The van der Waals surface area contributed by atoms with Crippen LogP contribution in [0.15, 0.2) is 18.2 Å². The Labute approximate surface area is 278 Å². The van der Waals surface area contributed by atoms with E-state index in [0.717, 1.165) is 31.2 Å². The monoisotopic (exact) mass is 649 g/mol. The Balaban J connectivity index is 3.12. The van der Waals surface area contributed by atoms with Crippen molar-refractivity contribution in [3.8, 4) is 5.75 Å². The lowest BCUT2D eigenvalue weighted by atomic mass is 9.82. The van der Waals surface area contributed by atoms with Crippen molar-refractivity contribution in [3.63, 3.8) is 0 Å². The number of nitrogens with one attached hydrogen (secondary N) is 3. The van der Waals surface area contributed by atoms with E-state index in [2.05, 4.69) is 22.9 Å². The van der Waals surface area contributed by atoms with E-state index in [4.69, 9.17) is 14.2 Å². The first kappa shape index (κ1) is 41.2. The topological polar surface area (TPSA) is 135 Å². The summed E-state index contributed by atoms with van der Waals surface area (Å²) in [6.45, 7) is 19.4. The number of hydrogen-bond acceptors (Lipinski definition) is 7. The normalized spacial score (nSPS) is 14.4. The fourth-order valence-corrected chi connectivity index (χ4v) is 5.10. The highest BCUT2D eigenvalue weighted by atomic mass is 16.6. The number of aryl methyl sites for hydroxylation is 1. The Hall–Kier alpha value is -2.85. The van der Waals surface area contributed by atoms with Gasteiger partial charge in [-0.1, -0.05) is 47.1 Å². The van der Waals surface area contributed by atoms with Gasteiger partial charge in [0.25, 0.3) is 5.91 Å². The minimum atomic E-state index is -1.01. The number of amides is 3. The van der Waals surface area contributed by atoms with E-state index in [1.54, 1.807) is 33.9 Å². The second kappa shape index (κ2) is 21.1. The summed E-state index contributed by atoms with van der Waals surface area (Å²) >= 11 is 0. The maximum Gasteiger partial charge on any atom is 0.407 e. The van der Waals surface area contributed by atoms with Crippen molar-refractivity contribution in [2.24, 2.45) is 23.7 Å². The van der Waals surface area contributed by atoms with Gasteiger partial charge in [0.2, 0.25) is 5.91 Å². The molecule has 0 unspecified atom stereocenters. The molecule has 0 spiro atoms. The van der Waals surface area contributed by atoms with Crippen molar-refractivity contribution in [1.29, 1.82) is 0 Å². The highest BCUT2D eigenvalue weighted by Crippen LogP contribution is 2.26. The third-order valence-electron chi connectivity index (χ3n) is 8.04. The number of methoxy groups -OCH3 is 1. The number of ether oxygens (including phenoxy) is 3. The lowest BCUT2D eigenvalue weighted by Gasteiger charge is -2.33. The van der Waals surface area contributed by atoms with Crippen molar-refractivity contribution in [2.45, 2.75) is 119 Å². The maximum atomic E-state index is 13.4. The van der Waals surface area contributed by atoms with E-state index in [-0.39, 0.29) is 36.0 Å². The van der Waals surface area contributed by atoms with Gasteiger partial charge in [-0.2, -0.15) is 0 Å². The number of hydrogen-bond donors (Lipinski definition) is 4. The standard InChI is InChI=1S/C36H63N3O7/c1-11-12-17-37-34(42)29(25(4)5)22-31(40)30(39-35(43)46-36(7,8)9)21-27(24(2)3)23-38-33(41)28-16-15-26(6)20-32(28)45-19-14-13-18-44-10/h15-16,20,24-25,27,29-31,40H,11-14,17-19,21-23H2,1-10H3,(H,37,42)(H,38,41)(H,39,43)/t27-,29+,30+,31+/m1/s1. The molecule has 0 bridgehead atoms. The lowest BCUT2D eigenvalue weighted by molar-refractivity contribution is -0.127. The molecular weight excluding hydrogens is 586 g/mol. The Bertz CT molecular complexity index is 1050. The van der Waals surface area contributed by atoms with Gasteiger partial charge in [-0.05, 0) is 95.2 Å². The zero-order chi connectivity index (χ0) is 34.9. The highest BCUT2D eigenvalue weighted by molar-refractivity contribution is 5.97. The molecule has 3 amide bonds. The van der Waals surface area contributed by atoms with Crippen LogP contribution >= 0.6 is 0 Å². The maximum absolute atomic E-state index is 13.4. The molecule has 0 aliphatic heterocycles. The molecule has 0 saturated carbocycles. The van der Waals surface area contributed by atoms with Crippen molar-refractivity contribution < 1.29 is 33.7 Å². The summed E-state index contributed by atoms with van der Waals surface area (Å²) in [7, 11) is 1.67. The van der Waals surface area contributed by atoms with Crippen molar-refractivity contribution in [2.75, 3.05) is 33.4 Å². The summed E-state index contributed by atoms with van der Waals surface area (Å²) in [6, 6.07) is 4.82. The number of aliphatic hydroxyl groups is 1. The zero-order valence-corrected chi connectivity index (χ0v) is 30.2. The number of carbonyl (C=O) groups excluding carboxylic acids is 3. The predicted octanol–water partition coefficient (Wildman–Crippen LogP) is 6.03. The van der Waals surface area contributed by atoms with Gasteiger partial charge in [0.1, 0.15) is 11.4 Å². The van der Waals surface area contributed by atoms with E-state index in [9.17, 15) is 19.5 Å². The smallest absolute Gasteiger partial charge is 0.407 e. The molecule has 0 aromatic heterocycles. The number of rotatable bonds is 21. The first-order chi connectivity index (χ1) is 21.6. The van der Waals surface area contributed by atoms with Gasteiger partial charge in [0, 0.05) is 32.7 Å². The predicted molar refractivity (Wildman–Crippen MR) is 183 cm³/mol. The van der Waals surface area contributed by atoms with E-state index in [1.807, 2.05) is 46.8 Å². The van der Waals surface area contributed by atoms with E-state index < -0.39 is 29.8 Å². The summed E-state index contributed by atoms with van der Waals surface area (Å²) in [5.41, 5.74) is 0.729. The number of alkyl carbamates (subject to hydrolysis) is 1. The van der Waals surface area contributed by atoms with E-state index in [1.165, 1.54) is 0 Å². The van der Waals surface area contributed by atoms with Gasteiger partial charge >= 0.3 is 6.09 Å². The number of unbranched alkanes of at least 4 members (excludes halogenated alkanes) is 2. The van der Waals surface area contributed by atoms with Gasteiger partial charge < -0.3 is 35.3 Å². The molecule has 264 valence electrons. The summed E-state index contributed by atoms with van der Waals surface area (Å²) in [5.74, 6) is -0.236. The average molecular weight is 650 g/mol.